The van der Waals surface area contributed by atoms with Crippen LogP contribution in [0.1, 0.15) is 27.2 Å². The van der Waals surface area contributed by atoms with E-state index in [1.54, 1.807) is 13.8 Å². The van der Waals surface area contributed by atoms with Crippen molar-refractivity contribution < 1.29 is 9.53 Å². The van der Waals surface area contributed by atoms with Gasteiger partial charge in [0.15, 0.2) is 0 Å². The topological polar surface area (TPSA) is 64.3 Å². The summed E-state index contributed by atoms with van der Waals surface area (Å²) in [4.78, 5) is 11.5. The third-order valence-electron chi connectivity index (χ3n) is 2.03. The van der Waals surface area contributed by atoms with Gasteiger partial charge in [0.1, 0.15) is 5.60 Å². The molecule has 0 aromatic heterocycles. The Labute approximate surface area is 79.8 Å². The van der Waals surface area contributed by atoms with E-state index in [1.807, 2.05) is 6.92 Å². The van der Waals surface area contributed by atoms with E-state index in [2.05, 4.69) is 5.32 Å². The molecule has 0 aliphatic carbocycles. The number of carbonyl (C=O) groups is 1. The summed E-state index contributed by atoms with van der Waals surface area (Å²) in [5.41, 5.74) is 4.60. The van der Waals surface area contributed by atoms with Crippen molar-refractivity contribution in [2.24, 2.45) is 5.73 Å². The molecule has 1 atom stereocenters. The second-order valence-electron chi connectivity index (χ2n) is 3.67. The predicted molar refractivity (Wildman–Crippen MR) is 52.4 cm³/mol. The second-order valence-corrected chi connectivity index (χ2v) is 3.67. The van der Waals surface area contributed by atoms with Gasteiger partial charge >= 0.3 is 0 Å². The fourth-order valence-electron chi connectivity index (χ4n) is 0.812. The summed E-state index contributed by atoms with van der Waals surface area (Å²) >= 11 is 0. The van der Waals surface area contributed by atoms with Gasteiger partial charge < -0.3 is 15.8 Å². The first-order chi connectivity index (χ1) is 5.94. The lowest BCUT2D eigenvalue weighted by molar-refractivity contribution is -0.140. The lowest BCUT2D eigenvalue weighted by Crippen LogP contribution is -2.47. The van der Waals surface area contributed by atoms with Gasteiger partial charge in [-0.3, -0.25) is 4.79 Å². The van der Waals surface area contributed by atoms with Crippen LogP contribution in [0, 0.1) is 0 Å². The Morgan fingerprint density at radius 1 is 1.62 bits per heavy atom. The van der Waals surface area contributed by atoms with Gasteiger partial charge in [-0.15, -0.1) is 0 Å². The molecule has 0 radical (unpaired) electrons. The molecule has 78 valence electrons. The number of ether oxygens (including phenoxy) is 1. The molecular weight excluding hydrogens is 168 g/mol. The lowest BCUT2D eigenvalue weighted by Gasteiger charge is -2.24. The van der Waals surface area contributed by atoms with Crippen LogP contribution in [0.4, 0.5) is 0 Å². The van der Waals surface area contributed by atoms with Gasteiger partial charge in [0.05, 0.1) is 0 Å². The number of nitrogens with one attached hydrogen (secondary N) is 1. The van der Waals surface area contributed by atoms with Crippen LogP contribution in [0.5, 0.6) is 0 Å². The van der Waals surface area contributed by atoms with Crippen LogP contribution in [0.2, 0.25) is 0 Å². The summed E-state index contributed by atoms with van der Waals surface area (Å²) in [5, 5.41) is 2.83. The van der Waals surface area contributed by atoms with Crippen LogP contribution < -0.4 is 11.1 Å². The molecule has 0 heterocycles. The molecule has 1 amide bonds. The lowest BCUT2D eigenvalue weighted by atomic mass is 10.1. The van der Waals surface area contributed by atoms with Crippen LogP contribution in [0.25, 0.3) is 0 Å². The average Bonchev–Trinajstić information content (AvgIpc) is 2.04. The highest BCUT2D eigenvalue weighted by atomic mass is 16.5. The summed E-state index contributed by atoms with van der Waals surface area (Å²) in [5.74, 6) is -0.101. The van der Waals surface area contributed by atoms with Crippen molar-refractivity contribution in [3.63, 3.8) is 0 Å². The Morgan fingerprint density at radius 3 is 2.54 bits per heavy atom. The van der Waals surface area contributed by atoms with Gasteiger partial charge in [0.25, 0.3) is 5.91 Å². The SMILES string of the molecule is COC(C)(C)C(=O)NC(C)CCN. The third-order valence-corrected chi connectivity index (χ3v) is 2.03. The zero-order chi connectivity index (χ0) is 10.5. The fraction of sp³-hybridized carbons (Fsp3) is 0.889. The molecule has 0 aliphatic rings. The van der Waals surface area contributed by atoms with E-state index in [0.29, 0.717) is 6.54 Å². The number of nitrogens with two attached hydrogens (primary N) is 1. The van der Waals surface area contributed by atoms with Gasteiger partial charge in [-0.25, -0.2) is 0 Å². The number of amides is 1. The maximum atomic E-state index is 11.5. The monoisotopic (exact) mass is 188 g/mol. The smallest absolute Gasteiger partial charge is 0.251 e. The highest BCUT2D eigenvalue weighted by molar-refractivity contribution is 5.84. The van der Waals surface area contributed by atoms with Crippen molar-refractivity contribution >= 4 is 5.91 Å². The zero-order valence-corrected chi connectivity index (χ0v) is 8.89. The molecule has 0 saturated carbocycles. The molecule has 0 aliphatic heterocycles. The van der Waals surface area contributed by atoms with Crippen LogP contribution in [-0.4, -0.2) is 31.2 Å². The van der Waals surface area contributed by atoms with Crippen molar-refractivity contribution in [1.29, 1.82) is 0 Å². The highest BCUT2D eigenvalue weighted by Crippen LogP contribution is 2.07. The summed E-state index contributed by atoms with van der Waals surface area (Å²) < 4.78 is 5.04. The van der Waals surface area contributed by atoms with E-state index in [4.69, 9.17) is 10.5 Å². The Kier molecular flexibility index (Phi) is 4.95. The molecule has 0 bridgehead atoms. The van der Waals surface area contributed by atoms with E-state index in [0.717, 1.165) is 6.42 Å². The molecule has 0 rings (SSSR count). The molecule has 4 heteroatoms. The second kappa shape index (κ2) is 5.19. The van der Waals surface area contributed by atoms with Crippen LogP contribution in [0.15, 0.2) is 0 Å². The molecular formula is C9H20N2O2. The molecule has 3 N–H and O–H groups in total. The molecule has 13 heavy (non-hydrogen) atoms. The Hall–Kier alpha value is -0.610. The molecule has 0 spiro atoms. The Morgan fingerprint density at radius 2 is 2.15 bits per heavy atom. The third kappa shape index (κ3) is 4.24. The van der Waals surface area contributed by atoms with Crippen LogP contribution in [-0.2, 0) is 9.53 Å². The molecule has 4 nitrogen and oxygen atoms in total. The maximum absolute atomic E-state index is 11.5. The first-order valence-corrected chi connectivity index (χ1v) is 4.50. The average molecular weight is 188 g/mol. The molecule has 0 saturated heterocycles. The van der Waals surface area contributed by atoms with Gasteiger partial charge in [0, 0.05) is 13.2 Å². The van der Waals surface area contributed by atoms with E-state index < -0.39 is 5.60 Å². The first kappa shape index (κ1) is 12.4. The quantitative estimate of drug-likeness (QED) is 0.650. The summed E-state index contributed by atoms with van der Waals surface area (Å²) in [7, 11) is 1.52. The highest BCUT2D eigenvalue weighted by Gasteiger charge is 2.27. The Bertz CT molecular complexity index is 169. The van der Waals surface area contributed by atoms with Gasteiger partial charge in [-0.05, 0) is 33.7 Å². The van der Waals surface area contributed by atoms with E-state index in [9.17, 15) is 4.79 Å². The van der Waals surface area contributed by atoms with Crippen molar-refractivity contribution in [2.75, 3.05) is 13.7 Å². The predicted octanol–water partition coefficient (Wildman–Crippen LogP) is 0.265. The maximum Gasteiger partial charge on any atom is 0.251 e. The van der Waals surface area contributed by atoms with Crippen molar-refractivity contribution in [3.8, 4) is 0 Å². The molecule has 1 unspecified atom stereocenters. The zero-order valence-electron chi connectivity index (χ0n) is 8.89. The number of hydrogen-bond acceptors (Lipinski definition) is 3. The number of hydrogen-bond donors (Lipinski definition) is 2. The summed E-state index contributed by atoms with van der Waals surface area (Å²) in [6.45, 7) is 5.97. The van der Waals surface area contributed by atoms with Crippen molar-refractivity contribution in [2.45, 2.75) is 38.8 Å². The first-order valence-electron chi connectivity index (χ1n) is 4.50. The minimum atomic E-state index is -0.761. The van der Waals surface area contributed by atoms with Gasteiger partial charge in [0.2, 0.25) is 0 Å². The number of carbonyl (C=O) groups excluding carboxylic acids is 1. The summed E-state index contributed by atoms with van der Waals surface area (Å²) in [6.07, 6.45) is 0.783. The minimum Gasteiger partial charge on any atom is -0.369 e. The summed E-state index contributed by atoms with van der Waals surface area (Å²) in [6, 6.07) is 0.104. The van der Waals surface area contributed by atoms with Gasteiger partial charge in [-0.1, -0.05) is 0 Å². The molecule has 0 aromatic rings. The largest absolute Gasteiger partial charge is 0.369 e. The van der Waals surface area contributed by atoms with Crippen molar-refractivity contribution in [1.82, 2.24) is 5.32 Å². The minimum absolute atomic E-state index is 0.101. The van der Waals surface area contributed by atoms with Crippen molar-refractivity contribution in [3.05, 3.63) is 0 Å². The van der Waals surface area contributed by atoms with E-state index >= 15 is 0 Å². The van der Waals surface area contributed by atoms with Crippen LogP contribution >= 0.6 is 0 Å². The normalized spacial score (nSPS) is 13.9. The van der Waals surface area contributed by atoms with E-state index in [-0.39, 0.29) is 11.9 Å². The number of rotatable bonds is 5. The number of methoxy groups -OCH3 is 1. The van der Waals surface area contributed by atoms with Crippen LogP contribution in [0.3, 0.4) is 0 Å². The molecule has 0 aromatic carbocycles. The van der Waals surface area contributed by atoms with Gasteiger partial charge in [-0.2, -0.15) is 0 Å². The molecule has 0 fully saturated rings. The standard InChI is InChI=1S/C9H20N2O2/c1-7(5-6-10)11-8(12)9(2,3)13-4/h7H,5-6,10H2,1-4H3,(H,11,12). The fourth-order valence-corrected chi connectivity index (χ4v) is 0.812. The van der Waals surface area contributed by atoms with E-state index in [1.165, 1.54) is 7.11 Å². The Balaban J connectivity index is 3.99.